The summed E-state index contributed by atoms with van der Waals surface area (Å²) in [6.45, 7) is 13.8. The molecule has 1 aromatic carbocycles. The van der Waals surface area contributed by atoms with Crippen LogP contribution in [0.1, 0.15) is 124 Å². The predicted molar refractivity (Wildman–Crippen MR) is 133 cm³/mol. The van der Waals surface area contributed by atoms with Gasteiger partial charge in [0.05, 0.1) is 0 Å². The Bertz CT molecular complexity index is 574. The molecule has 0 saturated heterocycles. The topological polar surface area (TPSA) is 29.1 Å². The molecular weight excluding hydrogens is 366 g/mol. The standard InChI is InChI=1S/C28H49NO/c1-27(2,3)22-15-13-11-9-7-8-10-12-14-16-26(30)29-25-19-17-24(18-20-25)21-23-28(4,5)6/h17-20H,7-16,21-23H2,1-6H3,(H,29,30). The van der Waals surface area contributed by atoms with E-state index in [0.29, 0.717) is 17.3 Å². The molecule has 0 fully saturated rings. The second kappa shape index (κ2) is 13.9. The maximum Gasteiger partial charge on any atom is 0.224 e. The van der Waals surface area contributed by atoms with E-state index in [2.05, 4.69) is 59.0 Å². The first kappa shape index (κ1) is 26.7. The Morgan fingerprint density at radius 1 is 0.667 bits per heavy atom. The number of hydrogen-bond donors (Lipinski definition) is 1. The predicted octanol–water partition coefficient (Wildman–Crippen LogP) is 8.94. The zero-order chi connectivity index (χ0) is 22.5. The number of hydrogen-bond acceptors (Lipinski definition) is 1. The van der Waals surface area contributed by atoms with Gasteiger partial charge in [-0.05, 0) is 54.2 Å². The zero-order valence-electron chi connectivity index (χ0n) is 20.9. The highest BCUT2D eigenvalue weighted by Crippen LogP contribution is 2.23. The molecule has 30 heavy (non-hydrogen) atoms. The van der Waals surface area contributed by atoms with Crippen LogP contribution in [0, 0.1) is 10.8 Å². The molecule has 0 saturated carbocycles. The largest absolute Gasteiger partial charge is 0.326 e. The average Bonchev–Trinajstić information content (AvgIpc) is 2.64. The minimum absolute atomic E-state index is 0.149. The molecule has 0 atom stereocenters. The Labute approximate surface area is 187 Å². The second-order valence-electron chi connectivity index (χ2n) is 11.5. The van der Waals surface area contributed by atoms with Crippen molar-refractivity contribution < 1.29 is 4.79 Å². The third-order valence-corrected chi connectivity index (χ3v) is 5.73. The number of nitrogens with one attached hydrogen (secondary N) is 1. The monoisotopic (exact) mass is 415 g/mol. The number of amides is 1. The highest BCUT2D eigenvalue weighted by atomic mass is 16.1. The van der Waals surface area contributed by atoms with E-state index in [-0.39, 0.29) is 5.91 Å². The highest BCUT2D eigenvalue weighted by Gasteiger charge is 2.10. The Hall–Kier alpha value is -1.31. The molecule has 0 aromatic heterocycles. The molecule has 0 bridgehead atoms. The average molecular weight is 416 g/mol. The van der Waals surface area contributed by atoms with Crippen molar-refractivity contribution in [1.82, 2.24) is 0 Å². The molecule has 172 valence electrons. The van der Waals surface area contributed by atoms with E-state index in [1.807, 2.05) is 12.1 Å². The fourth-order valence-electron chi connectivity index (χ4n) is 3.68. The van der Waals surface area contributed by atoms with Gasteiger partial charge in [0.15, 0.2) is 0 Å². The van der Waals surface area contributed by atoms with E-state index >= 15 is 0 Å². The Morgan fingerprint density at radius 2 is 1.13 bits per heavy atom. The highest BCUT2D eigenvalue weighted by molar-refractivity contribution is 5.90. The van der Waals surface area contributed by atoms with Crippen molar-refractivity contribution >= 4 is 11.6 Å². The zero-order valence-corrected chi connectivity index (χ0v) is 20.9. The summed E-state index contributed by atoms with van der Waals surface area (Å²) in [6.07, 6.45) is 15.9. The van der Waals surface area contributed by atoms with Gasteiger partial charge in [0.25, 0.3) is 0 Å². The molecule has 1 N–H and O–H groups in total. The van der Waals surface area contributed by atoms with Gasteiger partial charge in [0.2, 0.25) is 5.91 Å². The van der Waals surface area contributed by atoms with E-state index in [0.717, 1.165) is 18.5 Å². The number of benzene rings is 1. The third kappa shape index (κ3) is 15.5. The fourth-order valence-corrected chi connectivity index (χ4v) is 3.68. The van der Waals surface area contributed by atoms with Gasteiger partial charge >= 0.3 is 0 Å². The van der Waals surface area contributed by atoms with Crippen LogP contribution < -0.4 is 5.32 Å². The van der Waals surface area contributed by atoms with Crippen molar-refractivity contribution in [3.8, 4) is 0 Å². The summed E-state index contributed by atoms with van der Waals surface area (Å²) in [4.78, 5) is 12.1. The summed E-state index contributed by atoms with van der Waals surface area (Å²) in [5.74, 6) is 0.149. The number of anilines is 1. The fraction of sp³-hybridized carbons (Fsp3) is 0.750. The molecule has 1 amide bonds. The van der Waals surface area contributed by atoms with Crippen LogP contribution >= 0.6 is 0 Å². The first-order valence-corrected chi connectivity index (χ1v) is 12.4. The Balaban J connectivity index is 2.02. The maximum absolute atomic E-state index is 12.1. The van der Waals surface area contributed by atoms with Gasteiger partial charge in [0.1, 0.15) is 0 Å². The van der Waals surface area contributed by atoms with E-state index < -0.39 is 0 Å². The van der Waals surface area contributed by atoms with Gasteiger partial charge < -0.3 is 5.32 Å². The minimum Gasteiger partial charge on any atom is -0.326 e. The molecular formula is C28H49NO. The van der Waals surface area contributed by atoms with Crippen LogP contribution in [0.2, 0.25) is 0 Å². The number of unbranched alkanes of at least 4 members (excludes halogenated alkanes) is 8. The van der Waals surface area contributed by atoms with Crippen molar-refractivity contribution in [2.24, 2.45) is 10.8 Å². The van der Waals surface area contributed by atoms with Crippen LogP contribution in [0.15, 0.2) is 24.3 Å². The first-order valence-electron chi connectivity index (χ1n) is 12.4. The van der Waals surface area contributed by atoms with Crippen LogP contribution in [0.5, 0.6) is 0 Å². The normalized spacial score (nSPS) is 12.2. The van der Waals surface area contributed by atoms with Crippen molar-refractivity contribution in [3.05, 3.63) is 29.8 Å². The molecule has 0 aliphatic heterocycles. The van der Waals surface area contributed by atoms with E-state index in [4.69, 9.17) is 0 Å². The summed E-state index contributed by atoms with van der Waals surface area (Å²) in [7, 11) is 0. The van der Waals surface area contributed by atoms with E-state index in [1.165, 1.54) is 69.8 Å². The molecule has 1 rings (SSSR count). The number of carbonyl (C=O) groups is 1. The lowest BCUT2D eigenvalue weighted by atomic mass is 9.89. The van der Waals surface area contributed by atoms with Crippen molar-refractivity contribution in [2.45, 2.75) is 125 Å². The summed E-state index contributed by atoms with van der Waals surface area (Å²) in [5, 5.41) is 3.04. The van der Waals surface area contributed by atoms with Crippen molar-refractivity contribution in [3.63, 3.8) is 0 Å². The Kier molecular flexibility index (Phi) is 12.4. The lowest BCUT2D eigenvalue weighted by Crippen LogP contribution is -2.11. The van der Waals surface area contributed by atoms with Crippen LogP contribution in [-0.4, -0.2) is 5.91 Å². The van der Waals surface area contributed by atoms with Gasteiger partial charge in [-0.2, -0.15) is 0 Å². The molecule has 0 heterocycles. The van der Waals surface area contributed by atoms with Crippen LogP contribution in [0.4, 0.5) is 5.69 Å². The number of aryl methyl sites for hydroxylation is 1. The molecule has 2 nitrogen and oxygen atoms in total. The summed E-state index contributed by atoms with van der Waals surface area (Å²) in [6, 6.07) is 8.36. The Morgan fingerprint density at radius 3 is 1.63 bits per heavy atom. The molecule has 0 aliphatic rings. The smallest absolute Gasteiger partial charge is 0.224 e. The molecule has 1 aromatic rings. The lowest BCUT2D eigenvalue weighted by Gasteiger charge is -2.17. The maximum atomic E-state index is 12.1. The minimum atomic E-state index is 0.149. The SMILES string of the molecule is CC(C)(C)CCCCCCCCCCCC(=O)Nc1ccc(CCC(C)(C)C)cc1. The molecule has 0 radical (unpaired) electrons. The molecule has 0 unspecified atom stereocenters. The molecule has 2 heteroatoms. The summed E-state index contributed by atoms with van der Waals surface area (Å²) in [5.41, 5.74) is 3.11. The van der Waals surface area contributed by atoms with Gasteiger partial charge in [-0.3, -0.25) is 4.79 Å². The van der Waals surface area contributed by atoms with Crippen LogP contribution in [0.3, 0.4) is 0 Å². The quantitative estimate of drug-likeness (QED) is 0.302. The second-order valence-corrected chi connectivity index (χ2v) is 11.5. The van der Waals surface area contributed by atoms with Crippen LogP contribution in [0.25, 0.3) is 0 Å². The summed E-state index contributed by atoms with van der Waals surface area (Å²) < 4.78 is 0. The molecule has 0 spiro atoms. The van der Waals surface area contributed by atoms with E-state index in [1.54, 1.807) is 0 Å². The third-order valence-electron chi connectivity index (χ3n) is 5.73. The summed E-state index contributed by atoms with van der Waals surface area (Å²) >= 11 is 0. The van der Waals surface area contributed by atoms with Gasteiger partial charge in [-0.25, -0.2) is 0 Å². The van der Waals surface area contributed by atoms with Gasteiger partial charge in [-0.15, -0.1) is 0 Å². The van der Waals surface area contributed by atoms with Gasteiger partial charge in [-0.1, -0.05) is 105 Å². The number of carbonyl (C=O) groups excluding carboxylic acids is 1. The van der Waals surface area contributed by atoms with Crippen molar-refractivity contribution in [2.75, 3.05) is 5.32 Å². The number of rotatable bonds is 14. The molecule has 0 aliphatic carbocycles. The lowest BCUT2D eigenvalue weighted by molar-refractivity contribution is -0.116. The van der Waals surface area contributed by atoms with E-state index in [9.17, 15) is 4.79 Å². The van der Waals surface area contributed by atoms with Gasteiger partial charge in [0, 0.05) is 12.1 Å². The first-order chi connectivity index (χ1) is 14.1. The van der Waals surface area contributed by atoms with Crippen LogP contribution in [-0.2, 0) is 11.2 Å². The van der Waals surface area contributed by atoms with Crippen molar-refractivity contribution in [1.29, 1.82) is 0 Å².